The summed E-state index contributed by atoms with van der Waals surface area (Å²) in [6.07, 6.45) is 1.33. The van der Waals surface area contributed by atoms with Crippen LogP contribution in [0.25, 0.3) is 0 Å². The van der Waals surface area contributed by atoms with Crippen molar-refractivity contribution >= 4 is 11.8 Å². The molecule has 0 saturated heterocycles. The van der Waals surface area contributed by atoms with E-state index < -0.39 is 17.0 Å². The molecule has 0 radical (unpaired) electrons. The highest BCUT2D eigenvalue weighted by Gasteiger charge is 2.29. The van der Waals surface area contributed by atoms with Gasteiger partial charge in [-0.15, -0.1) is 0 Å². The van der Waals surface area contributed by atoms with Crippen molar-refractivity contribution in [3.05, 3.63) is 23.8 Å². The molecule has 1 aromatic carbocycles. The fourth-order valence-electron chi connectivity index (χ4n) is 2.21. The van der Waals surface area contributed by atoms with Gasteiger partial charge in [-0.1, -0.05) is 61.0 Å². The highest BCUT2D eigenvalue weighted by molar-refractivity contribution is 5.84. The summed E-state index contributed by atoms with van der Waals surface area (Å²) in [5, 5.41) is 5.86. The van der Waals surface area contributed by atoms with E-state index in [9.17, 15) is 9.59 Å². The predicted octanol–water partition coefficient (Wildman–Crippen LogP) is 4.20. The van der Waals surface area contributed by atoms with Gasteiger partial charge in [0.15, 0.2) is 11.5 Å². The Balaban J connectivity index is 3.17. The maximum Gasteiger partial charge on any atom is 0.227 e. The summed E-state index contributed by atoms with van der Waals surface area (Å²) in [7, 11) is 1.57. The number of methoxy groups -OCH3 is 1. The zero-order valence-corrected chi connectivity index (χ0v) is 18.6. The summed E-state index contributed by atoms with van der Waals surface area (Å²) >= 11 is 0. The van der Waals surface area contributed by atoms with Crippen LogP contribution < -0.4 is 20.1 Å². The van der Waals surface area contributed by atoms with Crippen molar-refractivity contribution in [1.29, 1.82) is 0 Å². The molecule has 1 rings (SSSR count). The molecule has 2 N–H and O–H groups in total. The summed E-state index contributed by atoms with van der Waals surface area (Å²) in [4.78, 5) is 25.1. The third-order valence-electron chi connectivity index (χ3n) is 4.19. The number of hydrogen-bond acceptors (Lipinski definition) is 4. The Morgan fingerprint density at radius 1 is 0.964 bits per heavy atom. The van der Waals surface area contributed by atoms with E-state index in [1.54, 1.807) is 13.2 Å². The van der Waals surface area contributed by atoms with Crippen molar-refractivity contribution in [1.82, 2.24) is 10.6 Å². The Bertz CT molecular complexity index is 644. The molecule has 0 bridgehead atoms. The summed E-state index contributed by atoms with van der Waals surface area (Å²) in [5.74, 6) is 0.888. The largest absolute Gasteiger partial charge is 0.493 e. The second-order valence-corrected chi connectivity index (χ2v) is 8.99. The highest BCUT2D eigenvalue weighted by Crippen LogP contribution is 2.31. The van der Waals surface area contributed by atoms with Crippen LogP contribution in [0, 0.1) is 10.8 Å². The molecule has 0 fully saturated rings. The number of benzene rings is 1. The second kappa shape index (κ2) is 9.80. The molecule has 158 valence electrons. The molecule has 0 aromatic heterocycles. The molecule has 0 heterocycles. The number of amides is 2. The first kappa shape index (κ1) is 23.8. The number of rotatable bonds is 8. The molecule has 0 unspecified atom stereocenters. The Kier molecular flexibility index (Phi) is 8.33. The maximum absolute atomic E-state index is 12.6. The first-order valence-corrected chi connectivity index (χ1v) is 9.82. The van der Waals surface area contributed by atoms with Gasteiger partial charge in [-0.2, -0.15) is 0 Å². The molecule has 0 spiro atoms. The number of carbonyl (C=O) groups excluding carboxylic acids is 2. The third kappa shape index (κ3) is 7.06. The van der Waals surface area contributed by atoms with Gasteiger partial charge in [0.05, 0.1) is 13.7 Å². The van der Waals surface area contributed by atoms with Gasteiger partial charge in [-0.05, 0) is 24.1 Å². The van der Waals surface area contributed by atoms with E-state index in [-0.39, 0.29) is 11.8 Å². The molecule has 2 amide bonds. The number of unbranched alkanes of at least 4 members (excludes halogenated alkanes) is 1. The first-order chi connectivity index (χ1) is 12.9. The van der Waals surface area contributed by atoms with Crippen LogP contribution in [0.5, 0.6) is 11.5 Å². The van der Waals surface area contributed by atoms with Gasteiger partial charge >= 0.3 is 0 Å². The van der Waals surface area contributed by atoms with E-state index >= 15 is 0 Å². The summed E-state index contributed by atoms with van der Waals surface area (Å²) in [6, 6.07) is 5.43. The summed E-state index contributed by atoms with van der Waals surface area (Å²) in [6.45, 7) is 13.7. The monoisotopic (exact) mass is 392 g/mol. The lowest BCUT2D eigenvalue weighted by Crippen LogP contribution is -2.47. The molecule has 6 heteroatoms. The molecule has 0 aliphatic rings. The molecule has 0 atom stereocenters. The van der Waals surface area contributed by atoms with Crippen LogP contribution in [0.1, 0.15) is 73.0 Å². The van der Waals surface area contributed by atoms with E-state index in [4.69, 9.17) is 9.47 Å². The Hall–Kier alpha value is -2.24. The minimum atomic E-state index is -0.669. The number of hydrogen-bond donors (Lipinski definition) is 2. The van der Waals surface area contributed by atoms with Gasteiger partial charge in [0, 0.05) is 10.8 Å². The minimum absolute atomic E-state index is 0.158. The van der Waals surface area contributed by atoms with Crippen LogP contribution in [0.4, 0.5) is 0 Å². The lowest BCUT2D eigenvalue weighted by Gasteiger charge is -2.28. The zero-order chi connectivity index (χ0) is 21.5. The Morgan fingerprint density at radius 3 is 1.93 bits per heavy atom. The van der Waals surface area contributed by atoms with Crippen molar-refractivity contribution in [3.63, 3.8) is 0 Å². The topological polar surface area (TPSA) is 76.7 Å². The molecular formula is C22H36N2O4. The summed E-state index contributed by atoms with van der Waals surface area (Å²) < 4.78 is 11.2. The lowest BCUT2D eigenvalue weighted by molar-refractivity contribution is -0.132. The van der Waals surface area contributed by atoms with E-state index in [0.29, 0.717) is 18.1 Å². The van der Waals surface area contributed by atoms with Crippen LogP contribution in [0.3, 0.4) is 0 Å². The average molecular weight is 393 g/mol. The maximum atomic E-state index is 12.6. The minimum Gasteiger partial charge on any atom is -0.493 e. The SMILES string of the molecule is CCCCOc1ccc(C(NC(=O)C(C)(C)C)NC(=O)C(C)(C)C)cc1OC. The molecule has 28 heavy (non-hydrogen) atoms. The van der Waals surface area contributed by atoms with Crippen LogP contribution >= 0.6 is 0 Å². The quantitative estimate of drug-likeness (QED) is 0.513. The van der Waals surface area contributed by atoms with Gasteiger partial charge in [0.2, 0.25) is 11.8 Å². The van der Waals surface area contributed by atoms with Crippen molar-refractivity contribution in [2.75, 3.05) is 13.7 Å². The van der Waals surface area contributed by atoms with Crippen LogP contribution in [0.2, 0.25) is 0 Å². The molecule has 0 aliphatic heterocycles. The van der Waals surface area contributed by atoms with Crippen LogP contribution in [-0.2, 0) is 9.59 Å². The van der Waals surface area contributed by atoms with E-state index in [1.165, 1.54) is 0 Å². The number of nitrogens with one attached hydrogen (secondary N) is 2. The standard InChI is InChI=1S/C22H36N2O4/c1-9-10-13-28-16-12-11-15(14-17(16)27-8)18(23-19(25)21(2,3)4)24-20(26)22(5,6)7/h11-12,14,18H,9-10,13H2,1-8H3,(H,23,25)(H,24,26). The zero-order valence-electron chi connectivity index (χ0n) is 18.6. The average Bonchev–Trinajstić information content (AvgIpc) is 2.59. The highest BCUT2D eigenvalue weighted by atomic mass is 16.5. The van der Waals surface area contributed by atoms with Crippen LogP contribution in [0.15, 0.2) is 18.2 Å². The predicted molar refractivity (Wildman–Crippen MR) is 111 cm³/mol. The van der Waals surface area contributed by atoms with Crippen molar-refractivity contribution in [2.45, 2.75) is 67.5 Å². The van der Waals surface area contributed by atoms with Gasteiger partial charge in [-0.25, -0.2) is 0 Å². The molecule has 1 aromatic rings. The second-order valence-electron chi connectivity index (χ2n) is 8.99. The van der Waals surface area contributed by atoms with E-state index in [1.807, 2.05) is 53.7 Å². The fourth-order valence-corrected chi connectivity index (χ4v) is 2.21. The van der Waals surface area contributed by atoms with E-state index in [2.05, 4.69) is 17.6 Å². The van der Waals surface area contributed by atoms with Crippen molar-refractivity contribution in [2.24, 2.45) is 10.8 Å². The molecular weight excluding hydrogens is 356 g/mol. The Labute approximate surface area is 169 Å². The normalized spacial score (nSPS) is 11.9. The molecule has 0 aliphatic carbocycles. The van der Waals surface area contributed by atoms with Gasteiger partial charge in [0.25, 0.3) is 0 Å². The summed E-state index contributed by atoms with van der Waals surface area (Å²) in [5.41, 5.74) is -0.453. The first-order valence-electron chi connectivity index (χ1n) is 9.82. The third-order valence-corrected chi connectivity index (χ3v) is 4.19. The lowest BCUT2D eigenvalue weighted by atomic mass is 9.94. The van der Waals surface area contributed by atoms with Crippen molar-refractivity contribution in [3.8, 4) is 11.5 Å². The molecule has 6 nitrogen and oxygen atoms in total. The van der Waals surface area contributed by atoms with Gasteiger partial charge in [0.1, 0.15) is 6.17 Å². The number of carbonyl (C=O) groups is 2. The number of ether oxygens (including phenoxy) is 2. The Morgan fingerprint density at radius 2 is 1.50 bits per heavy atom. The fraction of sp³-hybridized carbons (Fsp3) is 0.636. The van der Waals surface area contributed by atoms with Gasteiger partial charge < -0.3 is 20.1 Å². The van der Waals surface area contributed by atoms with Gasteiger partial charge in [-0.3, -0.25) is 9.59 Å². The van der Waals surface area contributed by atoms with Crippen molar-refractivity contribution < 1.29 is 19.1 Å². The van der Waals surface area contributed by atoms with E-state index in [0.717, 1.165) is 18.4 Å². The molecule has 0 saturated carbocycles. The smallest absolute Gasteiger partial charge is 0.227 e. The van der Waals surface area contributed by atoms with Crippen LogP contribution in [-0.4, -0.2) is 25.5 Å².